The fourth-order valence-electron chi connectivity index (χ4n) is 9.60. The molecule has 4 aromatic carbocycles. The molecule has 2 saturated heterocycles. The van der Waals surface area contributed by atoms with Gasteiger partial charge in [-0.05, 0) is 99.3 Å². The van der Waals surface area contributed by atoms with Crippen LogP contribution in [0.2, 0.25) is 0 Å². The van der Waals surface area contributed by atoms with E-state index in [1.54, 1.807) is 0 Å². The summed E-state index contributed by atoms with van der Waals surface area (Å²) >= 11 is 0. The Kier molecular flexibility index (Phi) is 13.2. The second-order valence-electron chi connectivity index (χ2n) is 24.8. The summed E-state index contributed by atoms with van der Waals surface area (Å²) in [6.45, 7) is 40.9. The zero-order chi connectivity index (χ0) is 47.0. The molecule has 2 fully saturated rings. The van der Waals surface area contributed by atoms with Crippen LogP contribution < -0.4 is 0 Å². The molecule has 0 bridgehead atoms. The van der Waals surface area contributed by atoms with Gasteiger partial charge in [-0.1, -0.05) is 197 Å². The lowest BCUT2D eigenvalue weighted by Crippen LogP contribution is -2.45. The van der Waals surface area contributed by atoms with Crippen molar-refractivity contribution in [2.75, 3.05) is 26.4 Å². The summed E-state index contributed by atoms with van der Waals surface area (Å²) in [7, 11) is -7.32. The second-order valence-corrected chi connectivity index (χ2v) is 28.9. The molecular weight excluding hydrogens is 819 g/mol. The maximum atomic E-state index is 15.0. The van der Waals surface area contributed by atoms with E-state index in [2.05, 4.69) is 197 Å². The molecule has 2 heterocycles. The zero-order valence-corrected chi connectivity index (χ0v) is 43.8. The van der Waals surface area contributed by atoms with Gasteiger partial charge < -0.3 is 18.1 Å². The molecule has 6 nitrogen and oxygen atoms in total. The Balaban J connectivity index is 1.34. The minimum absolute atomic E-state index is 0.116. The van der Waals surface area contributed by atoms with Gasteiger partial charge in [-0.2, -0.15) is 0 Å². The molecule has 2 aliphatic rings. The van der Waals surface area contributed by atoms with Crippen LogP contribution in [0.3, 0.4) is 0 Å². The smallest absolute Gasteiger partial charge is 0.307 e. The number of rotatable bonds is 6. The highest BCUT2D eigenvalue weighted by atomic mass is 31.2. The van der Waals surface area contributed by atoms with Gasteiger partial charge in [-0.15, -0.1) is 0 Å². The van der Waals surface area contributed by atoms with E-state index in [1.165, 1.54) is 33.4 Å². The van der Waals surface area contributed by atoms with Gasteiger partial charge in [0.2, 0.25) is 0 Å². The third kappa shape index (κ3) is 10.6. The average Bonchev–Trinajstić information content (AvgIpc) is 3.14. The van der Waals surface area contributed by atoms with E-state index in [4.69, 9.17) is 18.1 Å². The maximum Gasteiger partial charge on any atom is 0.335 e. The topological polar surface area (TPSA) is 71.1 Å². The molecule has 0 amide bonds. The summed E-state index contributed by atoms with van der Waals surface area (Å²) in [6.07, 6.45) is 0.290. The van der Waals surface area contributed by atoms with E-state index in [0.29, 0.717) is 0 Å². The molecule has 8 heteroatoms. The van der Waals surface area contributed by atoms with Crippen LogP contribution in [0, 0.1) is 5.41 Å². The van der Waals surface area contributed by atoms with Crippen molar-refractivity contribution in [2.24, 2.45) is 5.41 Å². The van der Waals surface area contributed by atoms with Gasteiger partial charge in [-0.25, -0.2) is 0 Å². The van der Waals surface area contributed by atoms with Crippen molar-refractivity contribution in [2.45, 2.75) is 169 Å². The van der Waals surface area contributed by atoms with Crippen LogP contribution in [-0.4, -0.2) is 26.4 Å². The van der Waals surface area contributed by atoms with Crippen molar-refractivity contribution in [3.8, 4) is 22.3 Å². The van der Waals surface area contributed by atoms with Crippen molar-refractivity contribution < 1.29 is 27.2 Å². The van der Waals surface area contributed by atoms with Crippen LogP contribution in [0.25, 0.3) is 22.3 Å². The first kappa shape index (κ1) is 49.6. The maximum absolute atomic E-state index is 15.0. The van der Waals surface area contributed by atoms with Crippen LogP contribution in [-0.2, 0) is 72.0 Å². The highest BCUT2D eigenvalue weighted by Crippen LogP contribution is 2.64. The molecule has 0 atom stereocenters. The fraction of sp³-hybridized carbons (Fsp3) is 0.564. The van der Waals surface area contributed by atoms with Crippen LogP contribution in [0.4, 0.5) is 0 Å². The van der Waals surface area contributed by atoms with E-state index >= 15 is 9.13 Å². The summed E-state index contributed by atoms with van der Waals surface area (Å²) in [5.41, 5.74) is 11.8. The summed E-state index contributed by atoms with van der Waals surface area (Å²) in [4.78, 5) is 0. The number of hydrogen-bond donors (Lipinski definition) is 0. The standard InChI is InChI=1S/C55H78O6P2/c1-49(2,3)41-29-43(51(7,8)9)45(37-25-21-19-22-26-37)47(53(13,14)15)39(41)31-62(56)58-33-55(34-59-62)35-60-63(57,61-36-55)32-40-42(50(4,5)6)30-44(52(10,11)12)46(48(40)54(16,17)18)38-27-23-20-24-28-38/h19-30H,31-36H2,1-18H3. The van der Waals surface area contributed by atoms with Gasteiger partial charge in [0.1, 0.15) is 0 Å². The van der Waals surface area contributed by atoms with E-state index in [9.17, 15) is 0 Å². The van der Waals surface area contributed by atoms with Gasteiger partial charge in [-0.3, -0.25) is 9.13 Å². The van der Waals surface area contributed by atoms with Crippen LogP contribution in [0.15, 0.2) is 72.8 Å². The quantitative estimate of drug-likeness (QED) is 0.180. The third-order valence-corrected chi connectivity index (χ3v) is 16.2. The molecule has 0 unspecified atom stereocenters. The molecule has 344 valence electrons. The lowest BCUT2D eigenvalue weighted by Gasteiger charge is -2.44. The summed E-state index contributed by atoms with van der Waals surface area (Å²) < 4.78 is 55.8. The molecule has 63 heavy (non-hydrogen) atoms. The Morgan fingerprint density at radius 3 is 0.921 bits per heavy atom. The minimum atomic E-state index is -3.66. The lowest BCUT2D eigenvalue weighted by atomic mass is 9.68. The predicted octanol–water partition coefficient (Wildman–Crippen LogP) is 16.0. The molecule has 0 saturated carbocycles. The Labute approximate surface area is 381 Å². The molecule has 0 aromatic heterocycles. The van der Waals surface area contributed by atoms with Gasteiger partial charge in [0.25, 0.3) is 0 Å². The van der Waals surface area contributed by atoms with Crippen LogP contribution in [0.1, 0.15) is 169 Å². The van der Waals surface area contributed by atoms with E-state index in [1.807, 2.05) is 0 Å². The Bertz CT molecular complexity index is 2210. The van der Waals surface area contributed by atoms with Crippen molar-refractivity contribution >= 4 is 15.2 Å². The molecule has 1 spiro atoms. The molecule has 6 rings (SSSR count). The first-order valence-corrected chi connectivity index (χ1v) is 26.4. The third-order valence-electron chi connectivity index (χ3n) is 12.7. The highest BCUT2D eigenvalue weighted by molar-refractivity contribution is 7.53. The monoisotopic (exact) mass is 897 g/mol. The van der Waals surface area contributed by atoms with Crippen molar-refractivity contribution in [1.29, 1.82) is 0 Å². The van der Waals surface area contributed by atoms with Crippen LogP contribution >= 0.6 is 15.2 Å². The normalized spacial score (nSPS) is 23.0. The minimum Gasteiger partial charge on any atom is -0.307 e. The zero-order valence-electron chi connectivity index (χ0n) is 42.0. The SMILES string of the molecule is CC(C)(C)c1cc(C(C)(C)C)c(-c2ccccc2)c(C(C)(C)C)c1CP1(=O)OCC2(CO1)COP(=O)(Cc1c(C(C)(C)C)cc(C(C)(C)C)c(-c3ccccc3)c1C(C)(C)C)OC2. The Morgan fingerprint density at radius 1 is 0.413 bits per heavy atom. The van der Waals surface area contributed by atoms with Gasteiger partial charge in [0.15, 0.2) is 0 Å². The van der Waals surface area contributed by atoms with E-state index < -0.39 is 20.6 Å². The lowest BCUT2D eigenvalue weighted by molar-refractivity contribution is -0.0690. The van der Waals surface area contributed by atoms with Crippen molar-refractivity contribution in [3.63, 3.8) is 0 Å². The molecule has 0 radical (unpaired) electrons. The average molecular weight is 897 g/mol. The van der Waals surface area contributed by atoms with Gasteiger partial charge >= 0.3 is 15.2 Å². The molecule has 0 N–H and O–H groups in total. The van der Waals surface area contributed by atoms with Crippen LogP contribution in [0.5, 0.6) is 0 Å². The number of benzene rings is 4. The Hall–Kier alpha value is -2.82. The van der Waals surface area contributed by atoms with Gasteiger partial charge in [0, 0.05) is 0 Å². The van der Waals surface area contributed by atoms with Gasteiger partial charge in [0.05, 0.1) is 44.2 Å². The first-order valence-electron chi connectivity index (χ1n) is 23.0. The van der Waals surface area contributed by atoms with E-state index in [0.717, 1.165) is 33.4 Å². The van der Waals surface area contributed by atoms with Crippen molar-refractivity contribution in [3.05, 3.63) is 117 Å². The highest BCUT2D eigenvalue weighted by Gasteiger charge is 2.50. The molecule has 2 aliphatic heterocycles. The predicted molar refractivity (Wildman–Crippen MR) is 265 cm³/mol. The first-order chi connectivity index (χ1) is 28.7. The molecule has 0 aliphatic carbocycles. The molecular formula is C55H78O6P2. The second kappa shape index (κ2) is 16.8. The van der Waals surface area contributed by atoms with E-state index in [-0.39, 0.29) is 71.2 Å². The summed E-state index contributed by atoms with van der Waals surface area (Å²) in [6, 6.07) is 25.9. The summed E-state index contributed by atoms with van der Waals surface area (Å²) in [5, 5.41) is 0. The molecule has 4 aromatic rings. The largest absolute Gasteiger partial charge is 0.335 e. The van der Waals surface area contributed by atoms with Crippen molar-refractivity contribution in [1.82, 2.24) is 0 Å². The Morgan fingerprint density at radius 2 is 0.683 bits per heavy atom. The fourth-order valence-corrected chi connectivity index (χ4v) is 13.4. The number of hydrogen-bond acceptors (Lipinski definition) is 6. The summed E-state index contributed by atoms with van der Waals surface area (Å²) in [5.74, 6) is 0.